The molecule has 4 aromatic rings. The fraction of sp³-hybridized carbons (Fsp3) is 0.259. The maximum Gasteiger partial charge on any atom is 0.264 e. The van der Waals surface area contributed by atoms with Gasteiger partial charge < -0.3 is 4.90 Å². The Labute approximate surface area is 226 Å². The number of para-hydroxylation sites is 1. The molecule has 0 N–H and O–H groups in total. The van der Waals surface area contributed by atoms with Crippen molar-refractivity contribution in [1.82, 2.24) is 9.88 Å². The minimum absolute atomic E-state index is 0.162. The Morgan fingerprint density at radius 1 is 1.05 bits per heavy atom. The van der Waals surface area contributed by atoms with E-state index in [9.17, 15) is 13.2 Å². The Balaban J connectivity index is 1.44. The Hall–Kier alpha value is -2.98. The third-order valence-electron chi connectivity index (χ3n) is 6.34. The molecule has 0 saturated carbocycles. The zero-order chi connectivity index (χ0) is 26.2. The third kappa shape index (κ3) is 5.22. The fourth-order valence-electron chi connectivity index (χ4n) is 4.39. The van der Waals surface area contributed by atoms with Gasteiger partial charge in [0.1, 0.15) is 0 Å². The van der Waals surface area contributed by atoms with Gasteiger partial charge in [0, 0.05) is 30.2 Å². The number of hydrogen-bond donors (Lipinski definition) is 0. The average molecular weight is 555 g/mol. The van der Waals surface area contributed by atoms with Crippen LogP contribution in [0.3, 0.4) is 0 Å². The molecule has 0 unspecified atom stereocenters. The quantitative estimate of drug-likeness (QED) is 0.310. The maximum absolute atomic E-state index is 13.6. The van der Waals surface area contributed by atoms with Gasteiger partial charge in [0.25, 0.3) is 15.9 Å². The van der Waals surface area contributed by atoms with E-state index >= 15 is 0 Å². The number of sulfonamides is 1. The number of halogens is 1. The number of carbonyl (C=O) groups is 1. The molecule has 0 bridgehead atoms. The van der Waals surface area contributed by atoms with E-state index in [0.717, 1.165) is 34.3 Å². The normalized spacial score (nSPS) is 13.7. The smallest absolute Gasteiger partial charge is 0.264 e. The van der Waals surface area contributed by atoms with Crippen LogP contribution in [0.15, 0.2) is 71.6 Å². The van der Waals surface area contributed by atoms with Crippen molar-refractivity contribution in [2.24, 2.45) is 0 Å². The van der Waals surface area contributed by atoms with Gasteiger partial charge in [-0.3, -0.25) is 14.0 Å². The number of rotatable bonds is 7. The predicted octanol–water partition coefficient (Wildman–Crippen LogP) is 5.30. The van der Waals surface area contributed by atoms with Gasteiger partial charge in [0.15, 0.2) is 5.13 Å². The first-order chi connectivity index (χ1) is 17.7. The highest BCUT2D eigenvalue weighted by molar-refractivity contribution is 7.92. The second kappa shape index (κ2) is 10.4. The summed E-state index contributed by atoms with van der Waals surface area (Å²) < 4.78 is 29.4. The minimum atomic E-state index is -3.75. The topological polar surface area (TPSA) is 73.8 Å². The lowest BCUT2D eigenvalue weighted by Gasteiger charge is -2.30. The molecule has 0 fully saturated rings. The predicted molar refractivity (Wildman–Crippen MR) is 151 cm³/mol. The summed E-state index contributed by atoms with van der Waals surface area (Å²) in [6, 6.07) is 19.2. The van der Waals surface area contributed by atoms with E-state index in [1.165, 1.54) is 27.8 Å². The number of amides is 1. The van der Waals surface area contributed by atoms with E-state index in [4.69, 9.17) is 11.6 Å². The van der Waals surface area contributed by atoms with Gasteiger partial charge in [-0.05, 0) is 81.0 Å². The summed E-state index contributed by atoms with van der Waals surface area (Å²) in [6.45, 7) is 1.51. The van der Waals surface area contributed by atoms with E-state index in [2.05, 4.69) is 4.98 Å². The molecule has 0 spiro atoms. The summed E-state index contributed by atoms with van der Waals surface area (Å²) in [7, 11) is 0.133. The van der Waals surface area contributed by atoms with Gasteiger partial charge in [0.05, 0.1) is 20.8 Å². The number of aromatic nitrogens is 1. The summed E-state index contributed by atoms with van der Waals surface area (Å²) in [4.78, 5) is 22.1. The molecular weight excluding hydrogens is 528 g/mol. The molecule has 2 heterocycles. The zero-order valence-corrected chi connectivity index (χ0v) is 23.0. The number of nitrogens with zero attached hydrogens (tertiary/aromatic N) is 4. The van der Waals surface area contributed by atoms with Gasteiger partial charge in [-0.15, -0.1) is 0 Å². The van der Waals surface area contributed by atoms with Gasteiger partial charge in [0.2, 0.25) is 0 Å². The average Bonchev–Trinajstić information content (AvgIpc) is 3.31. The van der Waals surface area contributed by atoms with Crippen LogP contribution in [0.2, 0.25) is 5.02 Å². The number of carbonyl (C=O) groups excluding carboxylic acids is 1. The highest BCUT2D eigenvalue weighted by Gasteiger charge is 2.29. The highest BCUT2D eigenvalue weighted by Crippen LogP contribution is 2.33. The van der Waals surface area contributed by atoms with E-state index in [1.807, 2.05) is 55.4 Å². The second-order valence-corrected chi connectivity index (χ2v) is 12.5. The number of anilines is 2. The molecule has 0 atom stereocenters. The van der Waals surface area contributed by atoms with E-state index in [1.54, 1.807) is 23.1 Å². The fourth-order valence-corrected chi connectivity index (χ4v) is 7.19. The van der Waals surface area contributed by atoms with E-state index < -0.39 is 10.0 Å². The SMILES string of the molecule is CN(C)CCN(C(=O)c1ccc(S(=O)(=O)N2CCCc3ccccc32)cc1)c1nc2ccc(Cl)cc2s1. The zero-order valence-electron chi connectivity index (χ0n) is 20.6. The molecule has 10 heteroatoms. The van der Waals surface area contributed by atoms with Gasteiger partial charge in [-0.1, -0.05) is 41.1 Å². The Kier molecular flexibility index (Phi) is 7.22. The van der Waals surface area contributed by atoms with Crippen LogP contribution in [-0.2, 0) is 16.4 Å². The summed E-state index contributed by atoms with van der Waals surface area (Å²) >= 11 is 7.55. The maximum atomic E-state index is 13.6. The molecule has 0 aliphatic carbocycles. The summed E-state index contributed by atoms with van der Waals surface area (Å²) in [5.74, 6) is -0.237. The van der Waals surface area contributed by atoms with Crippen molar-refractivity contribution in [2.75, 3.05) is 42.9 Å². The van der Waals surface area contributed by atoms with Crippen LogP contribution in [0.4, 0.5) is 10.8 Å². The molecule has 37 heavy (non-hydrogen) atoms. The first kappa shape index (κ1) is 25.7. The van der Waals surface area contributed by atoms with Crippen LogP contribution >= 0.6 is 22.9 Å². The monoisotopic (exact) mass is 554 g/mol. The molecule has 3 aromatic carbocycles. The minimum Gasteiger partial charge on any atom is -0.308 e. The molecule has 0 saturated heterocycles. The third-order valence-corrected chi connectivity index (χ3v) is 9.45. The Morgan fingerprint density at radius 2 is 1.81 bits per heavy atom. The lowest BCUT2D eigenvalue weighted by atomic mass is 10.0. The number of benzene rings is 3. The van der Waals surface area contributed by atoms with Crippen molar-refractivity contribution >= 4 is 59.9 Å². The number of aryl methyl sites for hydroxylation is 1. The number of thiazole rings is 1. The van der Waals surface area contributed by atoms with Crippen molar-refractivity contribution in [2.45, 2.75) is 17.7 Å². The van der Waals surface area contributed by atoms with Gasteiger partial charge in [-0.25, -0.2) is 13.4 Å². The molecule has 1 aromatic heterocycles. The first-order valence-electron chi connectivity index (χ1n) is 12.0. The van der Waals surface area contributed by atoms with Crippen molar-refractivity contribution in [1.29, 1.82) is 0 Å². The highest BCUT2D eigenvalue weighted by atomic mass is 35.5. The van der Waals surface area contributed by atoms with Crippen LogP contribution in [-0.4, -0.2) is 57.9 Å². The van der Waals surface area contributed by atoms with E-state index in [0.29, 0.717) is 35.4 Å². The summed E-state index contributed by atoms with van der Waals surface area (Å²) in [5, 5.41) is 1.19. The molecule has 7 nitrogen and oxygen atoms in total. The van der Waals surface area contributed by atoms with Gasteiger partial charge in [-0.2, -0.15) is 0 Å². The number of hydrogen-bond acceptors (Lipinski definition) is 6. The summed E-state index contributed by atoms with van der Waals surface area (Å²) in [5.41, 5.74) is 2.92. The largest absolute Gasteiger partial charge is 0.308 e. The number of likely N-dealkylation sites (N-methyl/N-ethyl adjacent to an activating group) is 1. The first-order valence-corrected chi connectivity index (χ1v) is 14.6. The lowest BCUT2D eigenvalue weighted by Crippen LogP contribution is -2.37. The molecular formula is C27H27ClN4O3S2. The van der Waals surface area contributed by atoms with Crippen molar-refractivity contribution in [3.05, 3.63) is 82.9 Å². The molecule has 1 aliphatic heterocycles. The van der Waals surface area contributed by atoms with Crippen molar-refractivity contribution < 1.29 is 13.2 Å². The van der Waals surface area contributed by atoms with Crippen LogP contribution < -0.4 is 9.21 Å². The molecule has 1 aliphatic rings. The molecule has 192 valence electrons. The standard InChI is InChI=1S/C27H27ClN4O3S2/c1-30(2)16-17-31(27-29-23-14-11-21(28)18-25(23)36-27)26(33)20-9-12-22(13-10-20)37(34,35)32-15-5-7-19-6-3-4-8-24(19)32/h3-4,6,8-14,18H,5,7,15-17H2,1-2H3. The van der Waals surface area contributed by atoms with Gasteiger partial charge >= 0.3 is 0 Å². The molecule has 5 rings (SSSR count). The van der Waals surface area contributed by atoms with Crippen molar-refractivity contribution in [3.63, 3.8) is 0 Å². The molecule has 0 radical (unpaired) electrons. The lowest BCUT2D eigenvalue weighted by molar-refractivity contribution is 0.0985. The van der Waals surface area contributed by atoms with Crippen LogP contribution in [0.25, 0.3) is 10.2 Å². The van der Waals surface area contributed by atoms with Crippen molar-refractivity contribution in [3.8, 4) is 0 Å². The van der Waals surface area contributed by atoms with Crippen LogP contribution in [0, 0.1) is 0 Å². The molecule has 1 amide bonds. The number of fused-ring (bicyclic) bond motifs is 2. The van der Waals surface area contributed by atoms with Crippen LogP contribution in [0.1, 0.15) is 22.3 Å². The Bertz CT molecular complexity index is 1550. The summed E-state index contributed by atoms with van der Waals surface area (Å²) in [6.07, 6.45) is 1.62. The Morgan fingerprint density at radius 3 is 2.57 bits per heavy atom. The van der Waals surface area contributed by atoms with E-state index in [-0.39, 0.29) is 10.8 Å². The van der Waals surface area contributed by atoms with Crippen LogP contribution in [0.5, 0.6) is 0 Å². The second-order valence-electron chi connectivity index (χ2n) is 9.20.